The molecule has 0 amide bonds. The molecule has 0 spiro atoms. The van der Waals surface area contributed by atoms with Crippen molar-refractivity contribution in [1.29, 1.82) is 0 Å². The molecular formula is C22H30N6. The van der Waals surface area contributed by atoms with Crippen molar-refractivity contribution in [2.24, 2.45) is 13.0 Å². The van der Waals surface area contributed by atoms with Crippen LogP contribution in [0.1, 0.15) is 30.8 Å². The Kier molecular flexibility index (Phi) is 4.96. The summed E-state index contributed by atoms with van der Waals surface area (Å²) in [6.45, 7) is 12.7. The maximum absolute atomic E-state index is 4.95. The second-order valence-electron chi connectivity index (χ2n) is 8.26. The van der Waals surface area contributed by atoms with Gasteiger partial charge in [0.1, 0.15) is 11.6 Å². The Morgan fingerprint density at radius 1 is 1.00 bits per heavy atom. The van der Waals surface area contributed by atoms with E-state index in [1.165, 1.54) is 16.8 Å². The molecular weight excluding hydrogens is 348 g/mol. The van der Waals surface area contributed by atoms with E-state index in [-0.39, 0.29) is 0 Å². The van der Waals surface area contributed by atoms with Gasteiger partial charge in [0.25, 0.3) is 0 Å². The third kappa shape index (κ3) is 3.43. The predicted octanol–water partition coefficient (Wildman–Crippen LogP) is 3.51. The molecule has 6 heteroatoms. The first-order chi connectivity index (χ1) is 13.4. The Morgan fingerprint density at radius 3 is 2.43 bits per heavy atom. The number of hydrogen-bond donors (Lipinski definition) is 0. The Balaban J connectivity index is 1.60. The van der Waals surface area contributed by atoms with Crippen LogP contribution in [0.4, 0.5) is 11.5 Å². The van der Waals surface area contributed by atoms with Crippen molar-refractivity contribution < 1.29 is 0 Å². The van der Waals surface area contributed by atoms with E-state index in [9.17, 15) is 0 Å². The van der Waals surface area contributed by atoms with Gasteiger partial charge in [0, 0.05) is 45.3 Å². The molecule has 1 aliphatic heterocycles. The Labute approximate surface area is 167 Å². The normalized spacial score (nSPS) is 15.1. The van der Waals surface area contributed by atoms with Crippen LogP contribution in [0.15, 0.2) is 24.4 Å². The molecule has 6 nitrogen and oxygen atoms in total. The largest absolute Gasteiger partial charge is 0.368 e. The molecule has 3 aromatic rings. The summed E-state index contributed by atoms with van der Waals surface area (Å²) in [4.78, 5) is 14.6. The van der Waals surface area contributed by atoms with Gasteiger partial charge in [-0.1, -0.05) is 26.0 Å². The average molecular weight is 379 g/mol. The van der Waals surface area contributed by atoms with Crippen LogP contribution in [0.25, 0.3) is 11.0 Å². The molecule has 1 aliphatic rings. The molecule has 1 aromatic carbocycles. The van der Waals surface area contributed by atoms with Gasteiger partial charge in [-0.25, -0.2) is 9.97 Å². The first-order valence-corrected chi connectivity index (χ1v) is 10.2. The van der Waals surface area contributed by atoms with Gasteiger partial charge in [-0.15, -0.1) is 0 Å². The van der Waals surface area contributed by atoms with Crippen LogP contribution in [0, 0.1) is 19.8 Å². The Hall–Kier alpha value is -2.63. The smallest absolute Gasteiger partial charge is 0.163 e. The third-order valence-corrected chi connectivity index (χ3v) is 5.71. The summed E-state index contributed by atoms with van der Waals surface area (Å²) in [5.74, 6) is 2.48. The van der Waals surface area contributed by atoms with Gasteiger partial charge in [-0.05, 0) is 37.0 Å². The van der Waals surface area contributed by atoms with Gasteiger partial charge in [-0.3, -0.25) is 4.68 Å². The van der Waals surface area contributed by atoms with Crippen LogP contribution in [0.2, 0.25) is 0 Å². The maximum atomic E-state index is 4.95. The van der Waals surface area contributed by atoms with Crippen molar-refractivity contribution in [3.8, 4) is 0 Å². The summed E-state index contributed by atoms with van der Waals surface area (Å²) in [5.41, 5.74) is 5.02. The first kappa shape index (κ1) is 18.7. The molecule has 0 unspecified atom stereocenters. The number of benzene rings is 1. The summed E-state index contributed by atoms with van der Waals surface area (Å²) < 4.78 is 1.86. The Bertz CT molecular complexity index is 982. The molecule has 28 heavy (non-hydrogen) atoms. The molecule has 4 rings (SSSR count). The first-order valence-electron chi connectivity index (χ1n) is 10.2. The topological polar surface area (TPSA) is 50.1 Å². The molecule has 1 saturated heterocycles. The number of anilines is 2. The third-order valence-electron chi connectivity index (χ3n) is 5.71. The van der Waals surface area contributed by atoms with E-state index < -0.39 is 0 Å². The lowest BCUT2D eigenvalue weighted by molar-refractivity contribution is 0.613. The van der Waals surface area contributed by atoms with E-state index in [2.05, 4.69) is 60.8 Å². The van der Waals surface area contributed by atoms with Crippen molar-refractivity contribution in [2.45, 2.75) is 34.1 Å². The van der Waals surface area contributed by atoms with Gasteiger partial charge in [0.15, 0.2) is 5.65 Å². The molecule has 2 aromatic heterocycles. The summed E-state index contributed by atoms with van der Waals surface area (Å²) in [6.07, 6.45) is 2.79. The van der Waals surface area contributed by atoms with E-state index in [0.29, 0.717) is 5.92 Å². The standard InChI is InChI=1S/C22H30N6/c1-15(2)13-20-24-21-18(14-23-26(21)5)22(25-20)28-11-9-27(10-12-28)19-8-6-7-16(3)17(19)4/h6-8,14-15H,9-13H2,1-5H3. The fourth-order valence-electron chi connectivity index (χ4n) is 3.99. The highest BCUT2D eigenvalue weighted by Crippen LogP contribution is 2.28. The highest BCUT2D eigenvalue weighted by molar-refractivity contribution is 5.87. The van der Waals surface area contributed by atoms with Gasteiger partial charge in [0.05, 0.1) is 11.6 Å². The van der Waals surface area contributed by atoms with Gasteiger partial charge in [0.2, 0.25) is 0 Å². The van der Waals surface area contributed by atoms with Crippen LogP contribution in [-0.4, -0.2) is 45.9 Å². The molecule has 0 radical (unpaired) electrons. The molecule has 0 bridgehead atoms. The zero-order valence-corrected chi connectivity index (χ0v) is 17.6. The van der Waals surface area contributed by atoms with Crippen LogP contribution in [0.3, 0.4) is 0 Å². The number of aryl methyl sites for hydroxylation is 2. The van der Waals surface area contributed by atoms with Gasteiger partial charge >= 0.3 is 0 Å². The fourth-order valence-corrected chi connectivity index (χ4v) is 3.99. The van der Waals surface area contributed by atoms with E-state index in [4.69, 9.17) is 9.97 Å². The summed E-state index contributed by atoms with van der Waals surface area (Å²) >= 11 is 0. The van der Waals surface area contributed by atoms with Crippen LogP contribution >= 0.6 is 0 Å². The lowest BCUT2D eigenvalue weighted by atomic mass is 10.1. The van der Waals surface area contributed by atoms with E-state index in [1.54, 1.807) is 0 Å². The summed E-state index contributed by atoms with van der Waals surface area (Å²) in [6, 6.07) is 6.58. The summed E-state index contributed by atoms with van der Waals surface area (Å²) in [7, 11) is 1.96. The quantitative estimate of drug-likeness (QED) is 0.695. The zero-order chi connectivity index (χ0) is 19.8. The molecule has 1 fully saturated rings. The van der Waals surface area contributed by atoms with Crippen molar-refractivity contribution in [3.63, 3.8) is 0 Å². The number of nitrogens with zero attached hydrogens (tertiary/aromatic N) is 6. The maximum Gasteiger partial charge on any atom is 0.163 e. The van der Waals surface area contributed by atoms with Crippen LogP contribution in [0.5, 0.6) is 0 Å². The fraction of sp³-hybridized carbons (Fsp3) is 0.500. The number of piperazine rings is 1. The van der Waals surface area contributed by atoms with Crippen molar-refractivity contribution in [3.05, 3.63) is 41.3 Å². The van der Waals surface area contributed by atoms with Gasteiger partial charge < -0.3 is 9.80 Å². The van der Waals surface area contributed by atoms with E-state index in [1.807, 2.05) is 17.9 Å². The highest BCUT2D eigenvalue weighted by atomic mass is 15.3. The van der Waals surface area contributed by atoms with E-state index in [0.717, 1.165) is 55.3 Å². The van der Waals surface area contributed by atoms with Crippen LogP contribution < -0.4 is 9.80 Å². The number of hydrogen-bond acceptors (Lipinski definition) is 5. The predicted molar refractivity (Wildman–Crippen MR) is 115 cm³/mol. The zero-order valence-electron chi connectivity index (χ0n) is 17.6. The lowest BCUT2D eigenvalue weighted by Gasteiger charge is -2.37. The second kappa shape index (κ2) is 7.41. The van der Waals surface area contributed by atoms with E-state index >= 15 is 0 Å². The monoisotopic (exact) mass is 378 g/mol. The molecule has 0 aliphatic carbocycles. The SMILES string of the molecule is Cc1cccc(N2CCN(c3nc(CC(C)C)nc4c3cnn4C)CC2)c1C. The number of rotatable bonds is 4. The second-order valence-corrected chi connectivity index (χ2v) is 8.26. The Morgan fingerprint density at radius 2 is 1.71 bits per heavy atom. The van der Waals surface area contributed by atoms with Gasteiger partial charge in [-0.2, -0.15) is 5.10 Å². The average Bonchev–Trinajstić information content (AvgIpc) is 3.04. The minimum atomic E-state index is 0.527. The van der Waals surface area contributed by atoms with Crippen molar-refractivity contribution in [1.82, 2.24) is 19.7 Å². The molecule has 0 saturated carbocycles. The van der Waals surface area contributed by atoms with Crippen molar-refractivity contribution >= 4 is 22.5 Å². The highest BCUT2D eigenvalue weighted by Gasteiger charge is 2.23. The molecule has 3 heterocycles. The lowest BCUT2D eigenvalue weighted by Crippen LogP contribution is -2.47. The minimum absolute atomic E-state index is 0.527. The molecule has 0 N–H and O–H groups in total. The number of aromatic nitrogens is 4. The summed E-state index contributed by atoms with van der Waals surface area (Å²) in [5, 5.41) is 5.48. The van der Waals surface area contributed by atoms with Crippen molar-refractivity contribution in [2.75, 3.05) is 36.0 Å². The van der Waals surface area contributed by atoms with Crippen LogP contribution in [-0.2, 0) is 13.5 Å². The minimum Gasteiger partial charge on any atom is -0.368 e. The molecule has 148 valence electrons. The number of fused-ring (bicyclic) bond motifs is 1. The molecule has 0 atom stereocenters.